The zero-order valence-corrected chi connectivity index (χ0v) is 15.0. The maximum atomic E-state index is 5.82. The summed E-state index contributed by atoms with van der Waals surface area (Å²) in [7, 11) is 0. The van der Waals surface area contributed by atoms with Crippen LogP contribution < -0.4 is 10.2 Å². The molecule has 0 unspecified atom stereocenters. The molecule has 0 atom stereocenters. The zero-order chi connectivity index (χ0) is 18.5. The lowest BCUT2D eigenvalue weighted by Crippen LogP contribution is -1.96. The summed E-state index contributed by atoms with van der Waals surface area (Å²) < 4.78 is 5.82. The van der Waals surface area contributed by atoms with Crippen molar-refractivity contribution >= 4 is 23.2 Å². The van der Waals surface area contributed by atoms with E-state index in [0.29, 0.717) is 12.6 Å². The molecule has 0 amide bonds. The van der Waals surface area contributed by atoms with Crippen LogP contribution in [0.2, 0.25) is 0 Å². The van der Waals surface area contributed by atoms with Gasteiger partial charge in [0.05, 0.1) is 17.2 Å². The molecule has 1 aromatic heterocycles. The van der Waals surface area contributed by atoms with Gasteiger partial charge < -0.3 is 9.72 Å². The molecule has 3 aromatic carbocycles. The number of anilines is 1. The number of nitrogens with one attached hydrogen (secondary N) is 2. The molecule has 5 nitrogen and oxygen atoms in total. The van der Waals surface area contributed by atoms with E-state index in [1.165, 1.54) is 5.56 Å². The molecule has 0 saturated heterocycles. The normalized spacial score (nSPS) is 11.1. The van der Waals surface area contributed by atoms with E-state index in [9.17, 15) is 0 Å². The monoisotopic (exact) mass is 356 g/mol. The highest BCUT2D eigenvalue weighted by Gasteiger charge is 2.00. The molecule has 134 valence electrons. The average molecular weight is 356 g/mol. The first-order chi connectivity index (χ1) is 13.3. The molecule has 0 aliphatic carbocycles. The Balaban J connectivity index is 1.33. The highest BCUT2D eigenvalue weighted by Crippen LogP contribution is 2.15. The van der Waals surface area contributed by atoms with Gasteiger partial charge in [-0.3, -0.25) is 0 Å². The fourth-order valence-corrected chi connectivity index (χ4v) is 2.67. The Labute approximate surface area is 157 Å². The van der Waals surface area contributed by atoms with Crippen molar-refractivity contribution in [2.75, 3.05) is 5.43 Å². The standard InChI is InChI=1S/C22H20N4O/c1-16-6-8-18(9-7-16)15-27-19-12-10-17(11-13-19)14-23-26-22-24-20-4-2-3-5-21(20)25-22/h2-14H,15H2,1H3,(H2,24,25,26)/b23-14+. The highest BCUT2D eigenvalue weighted by atomic mass is 16.5. The van der Waals surface area contributed by atoms with Gasteiger partial charge in [-0.25, -0.2) is 10.4 Å². The third-order valence-corrected chi connectivity index (χ3v) is 4.18. The van der Waals surface area contributed by atoms with Gasteiger partial charge in [-0.05, 0) is 54.4 Å². The minimum Gasteiger partial charge on any atom is -0.489 e. The number of ether oxygens (including phenoxy) is 1. The van der Waals surface area contributed by atoms with E-state index in [1.807, 2.05) is 48.5 Å². The summed E-state index contributed by atoms with van der Waals surface area (Å²) >= 11 is 0. The van der Waals surface area contributed by atoms with Crippen molar-refractivity contribution in [3.8, 4) is 5.75 Å². The van der Waals surface area contributed by atoms with Gasteiger partial charge in [0.15, 0.2) is 0 Å². The molecule has 0 bridgehead atoms. The summed E-state index contributed by atoms with van der Waals surface area (Å²) in [5.74, 6) is 1.45. The number of H-pyrrole nitrogens is 1. The topological polar surface area (TPSA) is 62.3 Å². The summed E-state index contributed by atoms with van der Waals surface area (Å²) in [4.78, 5) is 7.59. The fraction of sp³-hybridized carbons (Fsp3) is 0.0909. The summed E-state index contributed by atoms with van der Waals surface area (Å²) in [5.41, 5.74) is 8.18. The van der Waals surface area contributed by atoms with Gasteiger partial charge >= 0.3 is 0 Å². The number of nitrogens with zero attached hydrogens (tertiary/aromatic N) is 2. The molecular formula is C22H20N4O. The van der Waals surface area contributed by atoms with Crippen LogP contribution in [0.25, 0.3) is 11.0 Å². The Kier molecular flexibility index (Phi) is 4.83. The number of benzene rings is 3. The second-order valence-corrected chi connectivity index (χ2v) is 6.32. The van der Waals surface area contributed by atoms with Gasteiger partial charge in [-0.1, -0.05) is 42.0 Å². The van der Waals surface area contributed by atoms with Crippen LogP contribution in [0.1, 0.15) is 16.7 Å². The molecule has 4 aromatic rings. The number of aromatic amines is 1. The van der Waals surface area contributed by atoms with Crippen LogP contribution in [-0.4, -0.2) is 16.2 Å². The van der Waals surface area contributed by atoms with Gasteiger partial charge in [-0.15, -0.1) is 0 Å². The minimum absolute atomic E-state index is 0.557. The highest BCUT2D eigenvalue weighted by molar-refractivity contribution is 5.81. The van der Waals surface area contributed by atoms with E-state index in [-0.39, 0.29) is 0 Å². The van der Waals surface area contributed by atoms with Crippen LogP contribution in [0.3, 0.4) is 0 Å². The molecule has 0 fully saturated rings. The van der Waals surface area contributed by atoms with Gasteiger partial charge in [0.1, 0.15) is 12.4 Å². The maximum absolute atomic E-state index is 5.82. The number of aryl methyl sites for hydroxylation is 1. The van der Waals surface area contributed by atoms with Gasteiger partial charge in [0.2, 0.25) is 5.95 Å². The fourth-order valence-electron chi connectivity index (χ4n) is 2.67. The summed E-state index contributed by atoms with van der Waals surface area (Å²) in [6.07, 6.45) is 1.75. The van der Waals surface area contributed by atoms with Crippen LogP contribution in [0.5, 0.6) is 5.75 Å². The Hall–Kier alpha value is -3.60. The molecule has 0 aliphatic heterocycles. The van der Waals surface area contributed by atoms with E-state index >= 15 is 0 Å². The summed E-state index contributed by atoms with van der Waals surface area (Å²) in [5, 5.41) is 4.23. The Morgan fingerprint density at radius 2 is 1.78 bits per heavy atom. The van der Waals surface area contributed by atoms with Gasteiger partial charge in [0.25, 0.3) is 0 Å². The first-order valence-electron chi connectivity index (χ1n) is 8.78. The number of para-hydroxylation sites is 2. The molecule has 0 saturated carbocycles. The van der Waals surface area contributed by atoms with Crippen LogP contribution in [0.15, 0.2) is 77.9 Å². The van der Waals surface area contributed by atoms with E-state index < -0.39 is 0 Å². The van der Waals surface area contributed by atoms with Crippen molar-refractivity contribution in [3.63, 3.8) is 0 Å². The number of rotatable bonds is 6. The minimum atomic E-state index is 0.557. The van der Waals surface area contributed by atoms with Crippen molar-refractivity contribution in [3.05, 3.63) is 89.5 Å². The van der Waals surface area contributed by atoms with Gasteiger partial charge in [0, 0.05) is 0 Å². The molecule has 4 rings (SSSR count). The molecule has 0 radical (unpaired) electrons. The first-order valence-corrected chi connectivity index (χ1v) is 8.78. The van der Waals surface area contributed by atoms with Crippen LogP contribution >= 0.6 is 0 Å². The van der Waals surface area contributed by atoms with E-state index in [4.69, 9.17) is 4.74 Å². The second-order valence-electron chi connectivity index (χ2n) is 6.32. The average Bonchev–Trinajstić information content (AvgIpc) is 3.11. The molecule has 27 heavy (non-hydrogen) atoms. The molecule has 2 N–H and O–H groups in total. The number of aromatic nitrogens is 2. The Morgan fingerprint density at radius 3 is 2.56 bits per heavy atom. The predicted octanol–water partition coefficient (Wildman–Crippen LogP) is 4.90. The third kappa shape index (κ3) is 4.33. The van der Waals surface area contributed by atoms with Crippen LogP contribution in [0, 0.1) is 6.92 Å². The van der Waals surface area contributed by atoms with Crippen LogP contribution in [0.4, 0.5) is 5.95 Å². The van der Waals surface area contributed by atoms with Crippen molar-refractivity contribution in [1.29, 1.82) is 0 Å². The number of fused-ring (bicyclic) bond motifs is 1. The Morgan fingerprint density at radius 1 is 1.00 bits per heavy atom. The predicted molar refractivity (Wildman–Crippen MR) is 109 cm³/mol. The third-order valence-electron chi connectivity index (χ3n) is 4.18. The van der Waals surface area contributed by atoms with Crippen molar-refractivity contribution in [1.82, 2.24) is 9.97 Å². The number of hydrogen-bond donors (Lipinski definition) is 2. The molecule has 1 heterocycles. The maximum Gasteiger partial charge on any atom is 0.222 e. The number of hydrazone groups is 1. The lowest BCUT2D eigenvalue weighted by atomic mass is 10.2. The largest absolute Gasteiger partial charge is 0.489 e. The lowest BCUT2D eigenvalue weighted by molar-refractivity contribution is 0.306. The number of hydrogen-bond acceptors (Lipinski definition) is 4. The lowest BCUT2D eigenvalue weighted by Gasteiger charge is -2.06. The molecule has 0 spiro atoms. The van der Waals surface area contributed by atoms with E-state index in [1.54, 1.807) is 6.21 Å². The molecule has 0 aliphatic rings. The summed E-state index contributed by atoms with van der Waals surface area (Å²) in [6.45, 7) is 2.63. The summed E-state index contributed by atoms with van der Waals surface area (Å²) in [6, 6.07) is 24.0. The smallest absolute Gasteiger partial charge is 0.222 e. The van der Waals surface area contributed by atoms with Crippen molar-refractivity contribution in [2.24, 2.45) is 5.10 Å². The molecular weight excluding hydrogens is 336 g/mol. The van der Waals surface area contributed by atoms with Gasteiger partial charge in [-0.2, -0.15) is 5.10 Å². The van der Waals surface area contributed by atoms with Crippen molar-refractivity contribution < 1.29 is 4.74 Å². The first kappa shape index (κ1) is 16.8. The number of imidazole rings is 1. The van der Waals surface area contributed by atoms with Crippen LogP contribution in [-0.2, 0) is 6.61 Å². The Bertz CT molecular complexity index is 1020. The quantitative estimate of drug-likeness (QED) is 0.382. The van der Waals surface area contributed by atoms with E-state index in [2.05, 4.69) is 51.7 Å². The van der Waals surface area contributed by atoms with E-state index in [0.717, 1.165) is 27.9 Å². The SMILES string of the molecule is Cc1ccc(COc2ccc(/C=N/Nc3nc4ccccc4[nH]3)cc2)cc1. The zero-order valence-electron chi connectivity index (χ0n) is 15.0. The molecule has 5 heteroatoms. The second kappa shape index (κ2) is 7.74. The van der Waals surface area contributed by atoms with Crippen molar-refractivity contribution in [2.45, 2.75) is 13.5 Å².